The summed E-state index contributed by atoms with van der Waals surface area (Å²) in [5, 5.41) is 5.77. The summed E-state index contributed by atoms with van der Waals surface area (Å²) < 4.78 is 0. The minimum absolute atomic E-state index is 0.134. The molecule has 3 aliphatic rings. The molecule has 25 heavy (non-hydrogen) atoms. The number of imide groups is 1. The molecule has 1 unspecified atom stereocenters. The molecule has 1 aromatic carbocycles. The van der Waals surface area contributed by atoms with Crippen molar-refractivity contribution in [3.8, 4) is 0 Å². The fourth-order valence-corrected chi connectivity index (χ4v) is 3.77. The molecule has 4 rings (SSSR count). The summed E-state index contributed by atoms with van der Waals surface area (Å²) in [6.07, 6.45) is 2.83. The first kappa shape index (κ1) is 16.2. The second-order valence-electron chi connectivity index (χ2n) is 7.12. The van der Waals surface area contributed by atoms with E-state index in [2.05, 4.69) is 10.6 Å². The molecule has 2 aliphatic heterocycles. The fourth-order valence-electron chi connectivity index (χ4n) is 3.77. The number of fused-ring (bicyclic) bond motifs is 1. The van der Waals surface area contributed by atoms with Gasteiger partial charge in [-0.2, -0.15) is 0 Å². The van der Waals surface area contributed by atoms with Crippen molar-refractivity contribution in [2.24, 2.45) is 5.73 Å². The van der Waals surface area contributed by atoms with Crippen LogP contribution in [0.1, 0.15) is 47.2 Å². The second kappa shape index (κ2) is 6.24. The molecular weight excluding hydrogens is 320 g/mol. The van der Waals surface area contributed by atoms with Gasteiger partial charge in [0, 0.05) is 37.2 Å². The molecule has 132 valence electrons. The van der Waals surface area contributed by atoms with Crippen molar-refractivity contribution in [2.75, 3.05) is 0 Å². The van der Waals surface area contributed by atoms with E-state index in [9.17, 15) is 14.4 Å². The highest BCUT2D eigenvalue weighted by molar-refractivity contribution is 6.05. The van der Waals surface area contributed by atoms with Crippen LogP contribution in [0.2, 0.25) is 0 Å². The SMILES string of the molecule is N[C@@H]1CC[C@H]1NCc1ccc2c(c1)CN(C1CCC(=O)NC1=O)C2=O. The van der Waals surface area contributed by atoms with Gasteiger partial charge >= 0.3 is 0 Å². The van der Waals surface area contributed by atoms with Crippen LogP contribution in [-0.2, 0) is 22.7 Å². The van der Waals surface area contributed by atoms with Crippen molar-refractivity contribution < 1.29 is 14.4 Å². The van der Waals surface area contributed by atoms with E-state index in [-0.39, 0.29) is 30.2 Å². The average Bonchev–Trinajstić information content (AvgIpc) is 2.90. The first-order valence-corrected chi connectivity index (χ1v) is 8.78. The molecule has 0 bridgehead atoms. The Morgan fingerprint density at radius 1 is 1.20 bits per heavy atom. The highest BCUT2D eigenvalue weighted by atomic mass is 16.2. The summed E-state index contributed by atoms with van der Waals surface area (Å²) >= 11 is 0. The number of nitrogens with two attached hydrogens (primary N) is 1. The molecule has 2 fully saturated rings. The van der Waals surface area contributed by atoms with Gasteiger partial charge in [0.15, 0.2) is 0 Å². The Balaban J connectivity index is 1.45. The molecule has 4 N–H and O–H groups in total. The number of hydrogen-bond donors (Lipinski definition) is 3. The van der Waals surface area contributed by atoms with E-state index in [1.165, 1.54) is 0 Å². The number of carbonyl (C=O) groups excluding carboxylic acids is 3. The van der Waals surface area contributed by atoms with Gasteiger partial charge in [0.2, 0.25) is 11.8 Å². The van der Waals surface area contributed by atoms with Gasteiger partial charge in [0.25, 0.3) is 5.91 Å². The van der Waals surface area contributed by atoms with Gasteiger partial charge in [-0.3, -0.25) is 19.7 Å². The number of nitrogens with one attached hydrogen (secondary N) is 2. The topological polar surface area (TPSA) is 105 Å². The zero-order valence-corrected chi connectivity index (χ0v) is 14.0. The number of benzene rings is 1. The minimum Gasteiger partial charge on any atom is -0.326 e. The van der Waals surface area contributed by atoms with E-state index in [4.69, 9.17) is 5.73 Å². The molecule has 0 aromatic heterocycles. The summed E-state index contributed by atoms with van der Waals surface area (Å²) in [7, 11) is 0. The van der Waals surface area contributed by atoms with E-state index in [1.807, 2.05) is 18.2 Å². The zero-order chi connectivity index (χ0) is 17.6. The lowest BCUT2D eigenvalue weighted by atomic mass is 9.87. The minimum atomic E-state index is -0.563. The van der Waals surface area contributed by atoms with Crippen molar-refractivity contribution in [2.45, 2.75) is 56.9 Å². The van der Waals surface area contributed by atoms with Gasteiger partial charge in [0.05, 0.1) is 0 Å². The number of amides is 3. The lowest BCUT2D eigenvalue weighted by molar-refractivity contribution is -0.136. The quantitative estimate of drug-likeness (QED) is 0.670. The summed E-state index contributed by atoms with van der Waals surface area (Å²) in [5.74, 6) is -0.781. The zero-order valence-electron chi connectivity index (χ0n) is 14.0. The van der Waals surface area contributed by atoms with Crippen LogP contribution in [0.4, 0.5) is 0 Å². The number of piperidine rings is 1. The van der Waals surface area contributed by atoms with Crippen LogP contribution in [0.5, 0.6) is 0 Å². The van der Waals surface area contributed by atoms with E-state index in [1.54, 1.807) is 4.90 Å². The number of rotatable bonds is 4. The second-order valence-corrected chi connectivity index (χ2v) is 7.12. The maximum atomic E-state index is 12.6. The predicted octanol–water partition coefficient (Wildman–Crippen LogP) is 0.0269. The van der Waals surface area contributed by atoms with Crippen molar-refractivity contribution in [3.63, 3.8) is 0 Å². The van der Waals surface area contributed by atoms with E-state index >= 15 is 0 Å². The van der Waals surface area contributed by atoms with Gasteiger partial charge in [-0.25, -0.2) is 0 Å². The van der Waals surface area contributed by atoms with Crippen LogP contribution in [0.25, 0.3) is 0 Å². The van der Waals surface area contributed by atoms with Crippen molar-refractivity contribution in [1.29, 1.82) is 0 Å². The lowest BCUT2D eigenvalue weighted by Crippen LogP contribution is -2.52. The number of hydrogen-bond acceptors (Lipinski definition) is 5. The normalized spacial score (nSPS) is 28.6. The largest absolute Gasteiger partial charge is 0.326 e. The van der Waals surface area contributed by atoms with Crippen LogP contribution in [0.15, 0.2) is 18.2 Å². The van der Waals surface area contributed by atoms with E-state index in [0.29, 0.717) is 24.6 Å². The molecule has 2 heterocycles. The smallest absolute Gasteiger partial charge is 0.255 e. The maximum Gasteiger partial charge on any atom is 0.255 e. The third kappa shape index (κ3) is 2.94. The maximum absolute atomic E-state index is 12.6. The Morgan fingerprint density at radius 2 is 2.04 bits per heavy atom. The van der Waals surface area contributed by atoms with Gasteiger partial charge in [-0.05, 0) is 36.5 Å². The van der Waals surface area contributed by atoms with Crippen molar-refractivity contribution in [1.82, 2.24) is 15.5 Å². The molecule has 1 saturated heterocycles. The number of carbonyl (C=O) groups is 3. The fraction of sp³-hybridized carbons (Fsp3) is 0.500. The van der Waals surface area contributed by atoms with Gasteiger partial charge in [-0.1, -0.05) is 12.1 Å². The molecule has 3 atom stereocenters. The van der Waals surface area contributed by atoms with Crippen molar-refractivity contribution in [3.05, 3.63) is 34.9 Å². The first-order valence-electron chi connectivity index (χ1n) is 8.78. The Morgan fingerprint density at radius 3 is 2.72 bits per heavy atom. The summed E-state index contributed by atoms with van der Waals surface area (Å²) in [6.45, 7) is 1.13. The molecule has 7 heteroatoms. The van der Waals surface area contributed by atoms with Crippen LogP contribution >= 0.6 is 0 Å². The van der Waals surface area contributed by atoms with Crippen LogP contribution < -0.4 is 16.4 Å². The molecule has 1 aliphatic carbocycles. The van der Waals surface area contributed by atoms with E-state index < -0.39 is 6.04 Å². The summed E-state index contributed by atoms with van der Waals surface area (Å²) in [5.41, 5.74) is 8.63. The Bertz CT molecular complexity index is 748. The van der Waals surface area contributed by atoms with Crippen LogP contribution in [-0.4, -0.2) is 40.7 Å². The van der Waals surface area contributed by atoms with Gasteiger partial charge in [-0.15, -0.1) is 0 Å². The van der Waals surface area contributed by atoms with Gasteiger partial charge in [0.1, 0.15) is 6.04 Å². The summed E-state index contributed by atoms with van der Waals surface area (Å²) in [6, 6.07) is 5.85. The van der Waals surface area contributed by atoms with Crippen LogP contribution in [0.3, 0.4) is 0 Å². The van der Waals surface area contributed by atoms with Gasteiger partial charge < -0.3 is 16.0 Å². The Hall–Kier alpha value is -2.25. The molecular formula is C18H22N4O3. The third-order valence-electron chi connectivity index (χ3n) is 5.48. The Labute approximate surface area is 145 Å². The lowest BCUT2D eigenvalue weighted by Gasteiger charge is -2.34. The van der Waals surface area contributed by atoms with Crippen LogP contribution in [0, 0.1) is 0 Å². The molecule has 7 nitrogen and oxygen atoms in total. The summed E-state index contributed by atoms with van der Waals surface area (Å²) in [4.78, 5) is 37.6. The first-order chi connectivity index (χ1) is 12.0. The molecule has 0 spiro atoms. The van der Waals surface area contributed by atoms with Crippen molar-refractivity contribution >= 4 is 17.7 Å². The monoisotopic (exact) mass is 342 g/mol. The standard InChI is InChI=1S/C18H22N4O3/c19-13-3-4-14(13)20-8-10-1-2-12-11(7-10)9-22(18(12)25)15-5-6-16(23)21-17(15)24/h1-2,7,13-15,20H,3-6,8-9,19H2,(H,21,23,24)/t13-,14-,15?/m1/s1. The predicted molar refractivity (Wildman–Crippen MR) is 90.3 cm³/mol. The molecule has 1 aromatic rings. The molecule has 0 radical (unpaired) electrons. The highest BCUT2D eigenvalue weighted by Gasteiger charge is 2.39. The third-order valence-corrected chi connectivity index (χ3v) is 5.48. The average molecular weight is 342 g/mol. The molecule has 1 saturated carbocycles. The highest BCUT2D eigenvalue weighted by Crippen LogP contribution is 2.28. The number of nitrogens with zero attached hydrogens (tertiary/aromatic N) is 1. The Kier molecular flexibility index (Phi) is 4.05. The molecule has 3 amide bonds. The van der Waals surface area contributed by atoms with E-state index in [0.717, 1.165) is 30.5 Å².